The minimum Gasteiger partial charge on any atom is -0.544 e. The summed E-state index contributed by atoms with van der Waals surface area (Å²) in [5.74, 6) is -8.04. The second-order valence-electron chi connectivity index (χ2n) is 17.6. The molecule has 5 fully saturated rings. The lowest BCUT2D eigenvalue weighted by atomic mass is 9.88. The van der Waals surface area contributed by atoms with Gasteiger partial charge in [-0.1, -0.05) is 0 Å². The van der Waals surface area contributed by atoms with Gasteiger partial charge in [0.05, 0.1) is 45.2 Å². The van der Waals surface area contributed by atoms with Gasteiger partial charge in [0.2, 0.25) is 23.5 Å². The highest BCUT2D eigenvalue weighted by atomic mass is 16.8. The number of nitrogens with one attached hydrogen (secondary N) is 3. The van der Waals surface area contributed by atoms with Gasteiger partial charge in [-0.15, -0.1) is 0 Å². The molecule has 0 bridgehead atoms. The van der Waals surface area contributed by atoms with E-state index in [4.69, 9.17) is 42.6 Å². The molecule has 5 rings (SSSR count). The normalized spacial score (nSPS) is 45.0. The first-order valence-electron chi connectivity index (χ1n) is 22.2. The Morgan fingerprint density at radius 1 is 0.563 bits per heavy atom. The Kier molecular flexibility index (Phi) is 20.7. The molecule has 0 saturated carbocycles. The molecule has 32 nitrogen and oxygen atoms in total. The van der Waals surface area contributed by atoms with Gasteiger partial charge in [-0.2, -0.15) is 0 Å². The molecule has 0 unspecified atom stereocenters. The van der Waals surface area contributed by atoms with E-state index in [0.717, 1.165) is 20.8 Å². The molecule has 71 heavy (non-hydrogen) atoms. The van der Waals surface area contributed by atoms with Gasteiger partial charge in [0.1, 0.15) is 122 Å². The van der Waals surface area contributed by atoms with Crippen molar-refractivity contribution in [3.63, 3.8) is 0 Å². The number of amides is 3. The zero-order chi connectivity index (χ0) is 53.0. The number of carbonyl (C=O) groups is 4. The van der Waals surface area contributed by atoms with E-state index in [1.54, 1.807) is 0 Å². The first kappa shape index (κ1) is 58.8. The summed E-state index contributed by atoms with van der Waals surface area (Å²) < 4.78 is 50.9. The van der Waals surface area contributed by atoms with Crippen molar-refractivity contribution in [1.82, 2.24) is 16.0 Å². The fraction of sp³-hybridized carbons (Fsp3) is 0.897. The molecule has 5 aliphatic heterocycles. The summed E-state index contributed by atoms with van der Waals surface area (Å²) in [7, 11) is 0. The van der Waals surface area contributed by atoms with Crippen LogP contribution >= 0.6 is 0 Å². The second-order valence-corrected chi connectivity index (χ2v) is 17.6. The first-order chi connectivity index (χ1) is 33.4. The predicted octanol–water partition coefficient (Wildman–Crippen LogP) is -13.6. The number of hydrogen-bond acceptors (Lipinski definition) is 29. The Hall–Kier alpha value is -3.08. The molecule has 0 spiro atoms. The lowest BCUT2D eigenvalue weighted by molar-refractivity contribution is -0.411. The number of rotatable bonds is 19. The molecule has 0 aromatic carbocycles. The predicted molar refractivity (Wildman–Crippen MR) is 216 cm³/mol. The van der Waals surface area contributed by atoms with E-state index < -0.39 is 222 Å². The van der Waals surface area contributed by atoms with Crippen molar-refractivity contribution < 1.29 is 144 Å². The third-order valence-electron chi connectivity index (χ3n) is 12.5. The minimum atomic E-state index is -3.29. The molecule has 5 saturated heterocycles. The van der Waals surface area contributed by atoms with Crippen LogP contribution < -0.4 is 21.1 Å². The van der Waals surface area contributed by atoms with E-state index in [1.165, 1.54) is 0 Å². The molecule has 0 radical (unpaired) electrons. The summed E-state index contributed by atoms with van der Waals surface area (Å²) in [4.78, 5) is 49.2. The number of ether oxygens (including phenoxy) is 9. The van der Waals surface area contributed by atoms with Gasteiger partial charge in [-0.25, -0.2) is 0 Å². The van der Waals surface area contributed by atoms with E-state index >= 15 is 0 Å². The fourth-order valence-electron chi connectivity index (χ4n) is 8.94. The minimum absolute atomic E-state index is 0.721. The highest BCUT2D eigenvalue weighted by Crippen LogP contribution is 2.39. The van der Waals surface area contributed by atoms with Crippen LogP contribution in [0.3, 0.4) is 0 Å². The molecule has 410 valence electrons. The van der Waals surface area contributed by atoms with Crippen molar-refractivity contribution in [1.29, 1.82) is 0 Å². The summed E-state index contributed by atoms with van der Waals surface area (Å²) in [6.07, 6.45) is -45.3. The third-order valence-corrected chi connectivity index (χ3v) is 12.5. The Bertz CT molecular complexity index is 1780. The summed E-state index contributed by atoms with van der Waals surface area (Å²) >= 11 is 0. The maximum absolute atomic E-state index is 12.8. The van der Waals surface area contributed by atoms with Crippen LogP contribution in [0.2, 0.25) is 0 Å². The van der Waals surface area contributed by atoms with Crippen LogP contribution in [0.5, 0.6) is 0 Å². The van der Waals surface area contributed by atoms with Gasteiger partial charge in [-0.3, -0.25) is 14.4 Å². The molecule has 3 amide bonds. The van der Waals surface area contributed by atoms with Crippen LogP contribution in [-0.2, 0) is 61.8 Å². The van der Waals surface area contributed by atoms with E-state index in [1.807, 2.05) is 0 Å². The summed E-state index contributed by atoms with van der Waals surface area (Å²) in [5, 5.41) is 181. The highest BCUT2D eigenvalue weighted by molar-refractivity contribution is 5.75. The van der Waals surface area contributed by atoms with E-state index in [-0.39, 0.29) is 0 Å². The third kappa shape index (κ3) is 12.9. The van der Waals surface area contributed by atoms with Crippen LogP contribution in [0.25, 0.3) is 0 Å². The number of carboxylic acid groups (broad SMARTS) is 1. The summed E-state index contributed by atoms with van der Waals surface area (Å²) in [6.45, 7) is -2.26. The Labute approximate surface area is 402 Å². The van der Waals surface area contributed by atoms with Crippen molar-refractivity contribution in [2.24, 2.45) is 0 Å². The van der Waals surface area contributed by atoms with Crippen LogP contribution in [0.15, 0.2) is 0 Å². The molecule has 0 aromatic heterocycles. The molecule has 26 atom stereocenters. The van der Waals surface area contributed by atoms with Crippen LogP contribution in [0.1, 0.15) is 27.2 Å². The van der Waals surface area contributed by atoms with Crippen LogP contribution in [0, 0.1) is 0 Å². The smallest absolute Gasteiger partial charge is 0.217 e. The summed E-state index contributed by atoms with van der Waals surface area (Å²) in [6, 6.07) is -5.06. The molecule has 0 aromatic rings. The number of aliphatic carboxylic acids is 1. The van der Waals surface area contributed by atoms with E-state index in [9.17, 15) is 101 Å². The van der Waals surface area contributed by atoms with Crippen LogP contribution in [-0.4, -0.2) is 292 Å². The molecular formula is C39H64N3O29-. The average molecular weight is 1040 g/mol. The number of hydrogen-bond donors (Lipinski definition) is 18. The van der Waals surface area contributed by atoms with Crippen molar-refractivity contribution in [2.45, 2.75) is 186 Å². The monoisotopic (exact) mass is 1040 g/mol. The number of aliphatic hydroxyl groups excluding tert-OH is 15. The Morgan fingerprint density at radius 2 is 0.986 bits per heavy atom. The van der Waals surface area contributed by atoms with Crippen molar-refractivity contribution in [3.8, 4) is 0 Å². The van der Waals surface area contributed by atoms with Gasteiger partial charge < -0.3 is 145 Å². The van der Waals surface area contributed by atoms with Crippen molar-refractivity contribution >= 4 is 23.7 Å². The van der Waals surface area contributed by atoms with Crippen LogP contribution in [0.4, 0.5) is 0 Å². The Morgan fingerprint density at radius 3 is 1.46 bits per heavy atom. The van der Waals surface area contributed by atoms with Crippen molar-refractivity contribution in [2.75, 3.05) is 33.0 Å². The van der Waals surface area contributed by atoms with Gasteiger partial charge in [-0.05, 0) is 0 Å². The quantitative estimate of drug-likeness (QED) is 0.0571. The van der Waals surface area contributed by atoms with Gasteiger partial charge in [0.25, 0.3) is 0 Å². The van der Waals surface area contributed by atoms with Gasteiger partial charge >= 0.3 is 0 Å². The maximum atomic E-state index is 12.8. The van der Waals surface area contributed by atoms with Gasteiger partial charge in [0.15, 0.2) is 25.2 Å². The first-order valence-corrected chi connectivity index (χ1v) is 22.2. The lowest BCUT2D eigenvalue weighted by Crippen LogP contribution is -2.72. The number of carbonyl (C=O) groups excluding carboxylic acids is 4. The number of carboxylic acids is 1. The van der Waals surface area contributed by atoms with E-state index in [2.05, 4.69) is 16.0 Å². The largest absolute Gasteiger partial charge is 0.544 e. The molecule has 18 N–H and O–H groups in total. The van der Waals surface area contributed by atoms with Gasteiger partial charge in [0, 0.05) is 27.2 Å². The lowest BCUT2D eigenvalue weighted by Gasteiger charge is -2.52. The van der Waals surface area contributed by atoms with Crippen molar-refractivity contribution in [3.05, 3.63) is 0 Å². The SMILES string of the molecule is CC(=O)N[C@@H]1[C@@H](O)[C@H](O[C@@H]2O[C@H](CO)[C@H](O)[C@H](O[C@@H]3O[C@H](CO)[C@@H](O[C@@H]4O[C@H](CO)[C@H](O)[C@H](O[C@]5(C(=O)[O-])C[C@H](O)[C@@H](NC(C)=O)[C@H]([C@H](O)[C@H](O)CO)O5)[C@H]4O)[C@H](O)[C@H]3NC(C)=O)[C@H]2O)[C@@H](CO)O[C@H]1O. The molecule has 5 aliphatic rings. The molecule has 0 aliphatic carbocycles. The maximum Gasteiger partial charge on any atom is 0.217 e. The molecule has 32 heteroatoms. The molecule has 5 heterocycles. The highest BCUT2D eigenvalue weighted by Gasteiger charge is 2.59. The zero-order valence-electron chi connectivity index (χ0n) is 38.1. The standard InChI is InChI=1S/C39H65N3O29/c1-10(48)40-19-13(51)4-39(38(61)62,70-31(19)22(53)14(52)5-43)71-33-24(55)16(7-45)65-37(28(33)59)68-30-18(9-47)66-35(21(26(30)57)42-12(3)50)69-32-23(54)15(6-44)64-36(27(32)58)67-29-17(8-46)63-34(60)20(25(29)56)41-11(2)49/h13-37,43-47,51-60H,4-9H2,1-3H3,(H,40,48)(H,41,49)(H,42,50)(H,61,62)/p-1/t13-,14+,15+,16+,17+,18+,19+,20+,21+,22+,23-,24-,25+,26+,27+,28+,29+,30+,31+,32-,33-,34+,35-,36-,37-,39-/m0/s1. The summed E-state index contributed by atoms with van der Waals surface area (Å²) in [5.41, 5.74) is 0. The average Bonchev–Trinajstić information content (AvgIpc) is 3.31. The molecular weight excluding hydrogens is 974 g/mol. The fourth-order valence-corrected chi connectivity index (χ4v) is 8.94. The second kappa shape index (κ2) is 25.0. The Balaban J connectivity index is 1.40. The van der Waals surface area contributed by atoms with E-state index in [0.29, 0.717) is 0 Å². The number of aliphatic hydroxyl groups is 15. The zero-order valence-corrected chi connectivity index (χ0v) is 38.1. The topological polar surface area (TPSA) is 514 Å².